The summed E-state index contributed by atoms with van der Waals surface area (Å²) in [6.07, 6.45) is 0. The minimum Gasteiger partial charge on any atom is -0.456 e. The van der Waals surface area contributed by atoms with Crippen LogP contribution in [0.3, 0.4) is 0 Å². The molecule has 11 heteroatoms. The summed E-state index contributed by atoms with van der Waals surface area (Å²) in [6, 6.07) is 88.7. The Morgan fingerprint density at radius 2 is 0.865 bits per heavy atom. The highest BCUT2D eigenvalue weighted by Gasteiger charge is 2.42. The maximum absolute atomic E-state index is 7.35. The van der Waals surface area contributed by atoms with E-state index in [9.17, 15) is 0 Å². The topological polar surface area (TPSA) is 98.0 Å². The molecule has 0 radical (unpaired) electrons. The Balaban J connectivity index is 0.674. The summed E-state index contributed by atoms with van der Waals surface area (Å²) in [5.41, 5.74) is 21.4. The zero-order valence-corrected chi connectivity index (χ0v) is 52.3. The second kappa shape index (κ2) is 18.0. The number of hydrogen-bond donors (Lipinski definition) is 0. The van der Waals surface area contributed by atoms with Crippen LogP contribution in [0.2, 0.25) is 0 Å². The molecule has 10 nitrogen and oxygen atoms in total. The molecule has 0 N–H and O–H groups in total. The molecule has 0 amide bonds. The standard InChI is InChI=1S/C85H47N7O3S/c1-85(2)74-49(35-37-51-47-19-6-10-27-61(47)90(78(51)74)45-17-4-3-5-18-45)50-36-38-52-48-20-7-11-28-62(48)92(79(52)75(50)85)84-87-60-26-16-32-67-73(60)77(89-84)57-34-33-44(43-68(57)94-67)46-23-14-24-58-71-69(96-82(46)58)42-40-54-53-39-41-64-70(80(53)95-81(54)71)55-21-8-12-29-63(55)91(64)83-86-59-25-15-31-66-72(59)76(88-83)56-22-9-13-30-65(56)93-66/h3-43H,1-2H3. The van der Waals surface area contributed by atoms with Crippen molar-refractivity contribution in [3.8, 4) is 85.4 Å². The van der Waals surface area contributed by atoms with E-state index in [2.05, 4.69) is 228 Å². The molecule has 1 aliphatic carbocycles. The van der Waals surface area contributed by atoms with Crippen LogP contribution in [0.1, 0.15) is 25.0 Å². The zero-order chi connectivity index (χ0) is 62.6. The summed E-state index contributed by atoms with van der Waals surface area (Å²) < 4.78 is 30.1. The third-order valence-electron chi connectivity index (χ3n) is 21.0. The van der Waals surface area contributed by atoms with E-state index < -0.39 is 5.41 Å². The maximum Gasteiger partial charge on any atom is 0.235 e. The van der Waals surface area contributed by atoms with Gasteiger partial charge in [-0.05, 0) is 137 Å². The van der Waals surface area contributed by atoms with Crippen LogP contribution in [0.15, 0.2) is 253 Å². The van der Waals surface area contributed by atoms with Gasteiger partial charge in [-0.1, -0.05) is 159 Å². The first kappa shape index (κ1) is 51.1. The average molecular weight is 1250 g/mol. The number of thiophene rings is 1. The smallest absolute Gasteiger partial charge is 0.235 e. The first-order valence-corrected chi connectivity index (χ1v) is 33.3. The van der Waals surface area contributed by atoms with Gasteiger partial charge >= 0.3 is 0 Å². The zero-order valence-electron chi connectivity index (χ0n) is 51.4. The molecular formula is C85H47N7O3S. The van der Waals surface area contributed by atoms with Crippen molar-refractivity contribution in [3.63, 3.8) is 0 Å². The molecule has 0 bridgehead atoms. The summed E-state index contributed by atoms with van der Waals surface area (Å²) in [4.78, 5) is 21.9. The van der Waals surface area contributed by atoms with Crippen molar-refractivity contribution in [2.45, 2.75) is 19.3 Å². The number of benzene rings is 13. The molecule has 9 heterocycles. The van der Waals surface area contributed by atoms with Gasteiger partial charge in [-0.25, -0.2) is 19.9 Å². The number of hydrogen-bond acceptors (Lipinski definition) is 8. The Morgan fingerprint density at radius 1 is 0.344 bits per heavy atom. The van der Waals surface area contributed by atoms with Crippen LogP contribution in [0.4, 0.5) is 0 Å². The Bertz CT molecular complexity index is 7010. The summed E-state index contributed by atoms with van der Waals surface area (Å²) >= 11 is 1.79. The largest absolute Gasteiger partial charge is 0.456 e. The average Bonchev–Trinajstić information content (AvgIpc) is 1.64. The lowest BCUT2D eigenvalue weighted by molar-refractivity contribution is 0.486. The van der Waals surface area contributed by atoms with Crippen molar-refractivity contribution < 1.29 is 13.9 Å². The molecule has 13 aromatic carbocycles. The van der Waals surface area contributed by atoms with Crippen molar-refractivity contribution in [1.29, 1.82) is 0 Å². The van der Waals surface area contributed by atoms with E-state index in [0.717, 1.165) is 160 Å². The first-order valence-electron chi connectivity index (χ1n) is 32.5. The van der Waals surface area contributed by atoms with Crippen LogP contribution in [0.5, 0.6) is 23.0 Å². The van der Waals surface area contributed by atoms with E-state index in [1.807, 2.05) is 48.5 Å². The SMILES string of the molecule is CC1(C)c2c(ccc3c4ccccc4n(-c4ccccc4)c23)-c2ccc3c4ccccc4n(-c4nc5c6c(cccc6n4)Oc4cc(-c6cccc7c6sc6ccc8c9ccc%10c(c%11ccccc%11n%10-c%10nc%11c%12c(cccc%12n%10)Oc%10ccccc%10-%11)c9oc8c67)ccc4-5)c3c21. The lowest BCUT2D eigenvalue weighted by atomic mass is 9.80. The third-order valence-corrected chi connectivity index (χ3v) is 22.2. The van der Waals surface area contributed by atoms with Crippen LogP contribution in [-0.2, 0) is 5.41 Å². The second-order valence-corrected chi connectivity index (χ2v) is 27.3. The Hall–Kier alpha value is -12.4. The van der Waals surface area contributed by atoms with Crippen molar-refractivity contribution in [1.82, 2.24) is 33.6 Å². The molecule has 0 saturated carbocycles. The predicted molar refractivity (Wildman–Crippen MR) is 390 cm³/mol. The van der Waals surface area contributed by atoms with E-state index in [-0.39, 0.29) is 0 Å². The van der Waals surface area contributed by atoms with Gasteiger partial charge in [0.1, 0.15) is 34.2 Å². The van der Waals surface area contributed by atoms with Crippen LogP contribution < -0.4 is 9.47 Å². The van der Waals surface area contributed by atoms with E-state index in [1.165, 1.54) is 54.1 Å². The van der Waals surface area contributed by atoms with E-state index >= 15 is 0 Å². The van der Waals surface area contributed by atoms with Gasteiger partial charge in [0.2, 0.25) is 11.9 Å². The summed E-state index contributed by atoms with van der Waals surface area (Å²) in [5.74, 6) is 4.21. The fourth-order valence-electron chi connectivity index (χ4n) is 17.1. The molecule has 0 saturated heterocycles. The molecule has 0 spiro atoms. The molecule has 20 aromatic rings. The van der Waals surface area contributed by atoms with E-state index in [0.29, 0.717) is 11.9 Å². The molecule has 3 aliphatic rings. The van der Waals surface area contributed by atoms with E-state index in [1.54, 1.807) is 11.3 Å². The lowest BCUT2D eigenvalue weighted by Gasteiger charge is -2.25. The van der Waals surface area contributed by atoms with Gasteiger partial charge in [-0.15, -0.1) is 11.3 Å². The molecule has 0 unspecified atom stereocenters. The summed E-state index contributed by atoms with van der Waals surface area (Å²) in [6.45, 7) is 4.82. The summed E-state index contributed by atoms with van der Waals surface area (Å²) in [5, 5.41) is 13.1. The number of para-hydroxylation sites is 5. The molecule has 2 aliphatic heterocycles. The molecular weight excluding hydrogens is 1200 g/mol. The normalized spacial score (nSPS) is 13.6. The van der Waals surface area contributed by atoms with Crippen LogP contribution >= 0.6 is 11.3 Å². The fourth-order valence-corrected chi connectivity index (χ4v) is 18.3. The number of furan rings is 1. The molecule has 0 atom stereocenters. The quantitative estimate of drug-likeness (QED) is 0.173. The highest BCUT2D eigenvalue weighted by atomic mass is 32.1. The second-order valence-electron chi connectivity index (χ2n) is 26.3. The number of nitrogens with zero attached hydrogens (tertiary/aromatic N) is 7. The van der Waals surface area contributed by atoms with Gasteiger partial charge in [-0.3, -0.25) is 9.13 Å². The predicted octanol–water partition coefficient (Wildman–Crippen LogP) is 22.7. The summed E-state index contributed by atoms with van der Waals surface area (Å²) in [7, 11) is 0. The molecule has 23 rings (SSSR count). The van der Waals surface area contributed by atoms with Gasteiger partial charge in [-0.2, -0.15) is 0 Å². The number of ether oxygens (including phenoxy) is 2. The first-order chi connectivity index (χ1) is 47.4. The van der Waals surface area contributed by atoms with Crippen molar-refractivity contribution in [2.75, 3.05) is 0 Å². The molecule has 96 heavy (non-hydrogen) atoms. The van der Waals surface area contributed by atoms with Gasteiger partial charge < -0.3 is 18.5 Å². The van der Waals surface area contributed by atoms with Gasteiger partial charge in [0, 0.05) is 80.1 Å². The van der Waals surface area contributed by atoms with Gasteiger partial charge in [0.15, 0.2) is 0 Å². The van der Waals surface area contributed by atoms with E-state index in [4.69, 9.17) is 33.8 Å². The van der Waals surface area contributed by atoms with Crippen LogP contribution in [-0.4, -0.2) is 33.6 Å². The molecule has 446 valence electrons. The monoisotopic (exact) mass is 1250 g/mol. The minimum atomic E-state index is -0.446. The number of rotatable bonds is 4. The van der Waals surface area contributed by atoms with Crippen molar-refractivity contribution in [2.24, 2.45) is 0 Å². The maximum atomic E-state index is 7.35. The van der Waals surface area contributed by atoms with Crippen LogP contribution in [0.25, 0.3) is 192 Å². The third kappa shape index (κ3) is 6.45. The molecule has 7 aromatic heterocycles. The van der Waals surface area contributed by atoms with Gasteiger partial charge in [0.25, 0.3) is 0 Å². The number of aromatic nitrogens is 7. The lowest BCUT2D eigenvalue weighted by Crippen LogP contribution is -2.18. The number of fused-ring (bicyclic) bond motifs is 26. The molecule has 0 fully saturated rings. The highest BCUT2D eigenvalue weighted by Crippen LogP contribution is 2.58. The van der Waals surface area contributed by atoms with Gasteiger partial charge in [0.05, 0.1) is 71.7 Å². The highest BCUT2D eigenvalue weighted by molar-refractivity contribution is 7.26. The minimum absolute atomic E-state index is 0.446. The Morgan fingerprint density at radius 3 is 1.58 bits per heavy atom. The Kier molecular flexibility index (Phi) is 9.60. The van der Waals surface area contributed by atoms with Crippen molar-refractivity contribution in [3.05, 3.63) is 260 Å². The Labute approximate surface area is 549 Å². The fraction of sp³-hybridized carbons (Fsp3) is 0.0353. The van der Waals surface area contributed by atoms with Crippen LogP contribution in [0, 0.1) is 0 Å². The van der Waals surface area contributed by atoms with Crippen molar-refractivity contribution >= 4 is 141 Å².